The van der Waals surface area contributed by atoms with E-state index in [0.717, 1.165) is 6.20 Å². The standard InChI is InChI=1S/C6H8N2O4/c9-5-3-7-6(12-11)1-4(5)2-8-10/h1,3,8-11H,2H2. The summed E-state index contributed by atoms with van der Waals surface area (Å²) in [5.41, 5.74) is 2.22. The molecule has 1 aromatic heterocycles. The molecule has 6 heteroatoms. The Morgan fingerprint density at radius 2 is 2.33 bits per heavy atom. The number of hydroxylamine groups is 1. The van der Waals surface area contributed by atoms with Crippen molar-refractivity contribution in [1.82, 2.24) is 10.5 Å². The van der Waals surface area contributed by atoms with Crippen LogP contribution in [0.2, 0.25) is 0 Å². The number of rotatable bonds is 3. The number of hydrogen-bond donors (Lipinski definition) is 4. The average Bonchev–Trinajstić information content (AvgIpc) is 2.09. The topological polar surface area (TPSA) is 94.8 Å². The van der Waals surface area contributed by atoms with Gasteiger partial charge in [-0.05, 0) is 0 Å². The fourth-order valence-electron chi connectivity index (χ4n) is 0.745. The molecular formula is C6H8N2O4. The minimum atomic E-state index is -0.0858. The lowest BCUT2D eigenvalue weighted by Crippen LogP contribution is -2.06. The van der Waals surface area contributed by atoms with Gasteiger partial charge in [-0.1, -0.05) is 0 Å². The molecule has 6 nitrogen and oxygen atoms in total. The van der Waals surface area contributed by atoms with Crippen LogP contribution in [0.5, 0.6) is 11.6 Å². The second kappa shape index (κ2) is 3.86. The van der Waals surface area contributed by atoms with Gasteiger partial charge in [0, 0.05) is 18.2 Å². The molecule has 0 spiro atoms. The summed E-state index contributed by atoms with van der Waals surface area (Å²) in [5, 5.41) is 25.6. The van der Waals surface area contributed by atoms with E-state index in [4.69, 9.17) is 15.6 Å². The molecule has 0 radical (unpaired) electrons. The van der Waals surface area contributed by atoms with Crippen LogP contribution in [-0.4, -0.2) is 20.6 Å². The fraction of sp³-hybridized carbons (Fsp3) is 0.167. The molecule has 0 saturated carbocycles. The summed E-state index contributed by atoms with van der Waals surface area (Å²) in [6, 6.07) is 1.29. The molecule has 12 heavy (non-hydrogen) atoms. The highest BCUT2D eigenvalue weighted by atomic mass is 17.1. The van der Waals surface area contributed by atoms with E-state index in [1.54, 1.807) is 0 Å². The Labute approximate surface area is 67.9 Å². The van der Waals surface area contributed by atoms with E-state index in [1.165, 1.54) is 6.07 Å². The van der Waals surface area contributed by atoms with E-state index in [-0.39, 0.29) is 18.2 Å². The van der Waals surface area contributed by atoms with Crippen LogP contribution in [0, 0.1) is 0 Å². The largest absolute Gasteiger partial charge is 0.506 e. The van der Waals surface area contributed by atoms with Gasteiger partial charge in [0.1, 0.15) is 5.75 Å². The van der Waals surface area contributed by atoms with Gasteiger partial charge in [0.2, 0.25) is 0 Å². The van der Waals surface area contributed by atoms with Gasteiger partial charge in [-0.3, -0.25) is 0 Å². The molecule has 0 aliphatic carbocycles. The van der Waals surface area contributed by atoms with Crippen molar-refractivity contribution in [1.29, 1.82) is 0 Å². The van der Waals surface area contributed by atoms with Crippen molar-refractivity contribution >= 4 is 0 Å². The van der Waals surface area contributed by atoms with E-state index >= 15 is 0 Å². The second-order valence-electron chi connectivity index (χ2n) is 2.08. The highest BCUT2D eigenvalue weighted by Gasteiger charge is 2.03. The molecule has 0 aromatic carbocycles. The summed E-state index contributed by atoms with van der Waals surface area (Å²) >= 11 is 0. The first kappa shape index (κ1) is 8.72. The van der Waals surface area contributed by atoms with Crippen molar-refractivity contribution < 1.29 is 20.5 Å². The first-order valence-corrected chi connectivity index (χ1v) is 3.14. The summed E-state index contributed by atoms with van der Waals surface area (Å²) in [5.74, 6) is -0.129. The number of aromatic nitrogens is 1. The Morgan fingerprint density at radius 3 is 2.92 bits per heavy atom. The minimum absolute atomic E-state index is 0.0435. The van der Waals surface area contributed by atoms with Crippen molar-refractivity contribution in [2.75, 3.05) is 0 Å². The summed E-state index contributed by atoms with van der Waals surface area (Å²) in [6.45, 7) is 0.0463. The molecule has 0 bridgehead atoms. The van der Waals surface area contributed by atoms with Crippen molar-refractivity contribution in [2.45, 2.75) is 6.54 Å². The normalized spacial score (nSPS) is 9.83. The number of pyridine rings is 1. The van der Waals surface area contributed by atoms with Crippen LogP contribution in [0.3, 0.4) is 0 Å². The summed E-state index contributed by atoms with van der Waals surface area (Å²) < 4.78 is 0. The third-order valence-electron chi connectivity index (χ3n) is 1.30. The fourth-order valence-corrected chi connectivity index (χ4v) is 0.745. The first-order valence-electron chi connectivity index (χ1n) is 3.14. The maximum absolute atomic E-state index is 9.11. The Bertz CT molecular complexity index is 266. The molecule has 1 rings (SSSR count). The molecule has 0 saturated heterocycles. The molecule has 1 heterocycles. The predicted molar refractivity (Wildman–Crippen MR) is 37.8 cm³/mol. The second-order valence-corrected chi connectivity index (χ2v) is 2.08. The van der Waals surface area contributed by atoms with Crippen LogP contribution >= 0.6 is 0 Å². The van der Waals surface area contributed by atoms with Crippen LogP contribution in [0.4, 0.5) is 0 Å². The smallest absolute Gasteiger partial charge is 0.256 e. The highest BCUT2D eigenvalue weighted by Crippen LogP contribution is 2.19. The summed E-state index contributed by atoms with van der Waals surface area (Å²) in [6.07, 6.45) is 1.11. The van der Waals surface area contributed by atoms with Crippen molar-refractivity contribution in [3.05, 3.63) is 17.8 Å². The van der Waals surface area contributed by atoms with Crippen LogP contribution < -0.4 is 10.4 Å². The maximum atomic E-state index is 9.11. The van der Waals surface area contributed by atoms with E-state index in [0.29, 0.717) is 5.56 Å². The SMILES string of the molecule is ONCc1cc(OO)ncc1O. The lowest BCUT2D eigenvalue weighted by molar-refractivity contribution is -0.141. The third-order valence-corrected chi connectivity index (χ3v) is 1.30. The Hall–Kier alpha value is -1.37. The number of aromatic hydroxyl groups is 1. The van der Waals surface area contributed by atoms with Gasteiger partial charge in [0.25, 0.3) is 5.88 Å². The molecule has 0 unspecified atom stereocenters. The zero-order valence-corrected chi connectivity index (χ0v) is 6.06. The molecule has 0 aliphatic heterocycles. The lowest BCUT2D eigenvalue weighted by atomic mass is 10.2. The van der Waals surface area contributed by atoms with Crippen LogP contribution in [0.1, 0.15) is 5.56 Å². The Morgan fingerprint density at radius 1 is 1.58 bits per heavy atom. The summed E-state index contributed by atoms with van der Waals surface area (Å²) in [4.78, 5) is 7.33. The van der Waals surface area contributed by atoms with Gasteiger partial charge in [-0.25, -0.2) is 15.7 Å². The zero-order valence-electron chi connectivity index (χ0n) is 6.06. The number of nitrogens with zero attached hydrogens (tertiary/aromatic N) is 1. The van der Waals surface area contributed by atoms with Gasteiger partial charge in [0.05, 0.1) is 6.20 Å². The van der Waals surface area contributed by atoms with Crippen molar-refractivity contribution in [2.24, 2.45) is 0 Å². The van der Waals surface area contributed by atoms with Crippen LogP contribution in [0.25, 0.3) is 0 Å². The van der Waals surface area contributed by atoms with E-state index in [9.17, 15) is 0 Å². The molecular weight excluding hydrogens is 164 g/mol. The van der Waals surface area contributed by atoms with E-state index < -0.39 is 0 Å². The highest BCUT2D eigenvalue weighted by molar-refractivity contribution is 5.32. The monoisotopic (exact) mass is 172 g/mol. The third kappa shape index (κ3) is 1.82. The maximum Gasteiger partial charge on any atom is 0.256 e. The molecule has 0 aliphatic rings. The van der Waals surface area contributed by atoms with Crippen LogP contribution in [-0.2, 0) is 6.54 Å². The van der Waals surface area contributed by atoms with Gasteiger partial charge >= 0.3 is 0 Å². The number of hydrogen-bond acceptors (Lipinski definition) is 6. The predicted octanol–water partition coefficient (Wildman–Crippen LogP) is 0.118. The molecule has 1 aromatic rings. The van der Waals surface area contributed by atoms with E-state index in [2.05, 4.69) is 9.87 Å². The van der Waals surface area contributed by atoms with E-state index in [1.807, 2.05) is 5.48 Å². The molecule has 0 amide bonds. The quantitative estimate of drug-likeness (QED) is 0.382. The van der Waals surface area contributed by atoms with Crippen LogP contribution in [0.15, 0.2) is 12.3 Å². The van der Waals surface area contributed by atoms with Crippen molar-refractivity contribution in [3.63, 3.8) is 0 Å². The van der Waals surface area contributed by atoms with Gasteiger partial charge in [-0.2, -0.15) is 0 Å². The first-order chi connectivity index (χ1) is 5.77. The molecule has 0 atom stereocenters. The van der Waals surface area contributed by atoms with Gasteiger partial charge in [0.15, 0.2) is 0 Å². The lowest BCUT2D eigenvalue weighted by Gasteiger charge is -2.02. The summed E-state index contributed by atoms with van der Waals surface area (Å²) in [7, 11) is 0. The number of nitrogens with one attached hydrogen (secondary N) is 1. The molecule has 66 valence electrons. The van der Waals surface area contributed by atoms with Gasteiger partial charge < -0.3 is 15.2 Å². The molecule has 4 N–H and O–H groups in total. The Balaban J connectivity index is 2.91. The van der Waals surface area contributed by atoms with Gasteiger partial charge in [-0.15, -0.1) is 0 Å². The molecule has 0 fully saturated rings. The van der Waals surface area contributed by atoms with Crippen molar-refractivity contribution in [3.8, 4) is 11.6 Å². The zero-order chi connectivity index (χ0) is 8.97. The minimum Gasteiger partial charge on any atom is -0.506 e. The average molecular weight is 172 g/mol. The Kier molecular flexibility index (Phi) is 2.81.